The average molecular weight is 902 g/mol. The molecule has 0 amide bonds. The van der Waals surface area contributed by atoms with Crippen LogP contribution in [-0.4, -0.2) is 37.9 Å². The summed E-state index contributed by atoms with van der Waals surface area (Å²) in [5, 5.41) is 0. The predicted molar refractivity (Wildman–Crippen MR) is 279 cm³/mol. The van der Waals surface area contributed by atoms with Crippen LogP contribution in [0.5, 0.6) is 0 Å². The quantitative estimate of drug-likeness (QED) is 0.0346. The smallest absolute Gasteiger partial charge is 0.306 e. The number of carbonyl (C=O) groups is 2. The van der Waals surface area contributed by atoms with Crippen LogP contribution < -0.4 is 0 Å². The molecule has 0 saturated carbocycles. The van der Waals surface area contributed by atoms with Gasteiger partial charge in [-0.05, 0) is 70.6 Å². The minimum atomic E-state index is -0.532. The first-order valence-electron chi connectivity index (χ1n) is 28.9. The molecule has 0 N–H and O–H groups in total. The van der Waals surface area contributed by atoms with E-state index in [1.54, 1.807) is 0 Å². The van der Waals surface area contributed by atoms with Crippen LogP contribution in [0.15, 0.2) is 24.3 Å². The summed E-state index contributed by atoms with van der Waals surface area (Å²) in [5.74, 6) is -0.382. The van der Waals surface area contributed by atoms with E-state index in [0.717, 1.165) is 38.5 Å². The van der Waals surface area contributed by atoms with Gasteiger partial charge in [-0.15, -0.1) is 0 Å². The Balaban J connectivity index is 4.16. The Morgan fingerprint density at radius 1 is 0.328 bits per heavy atom. The Morgan fingerprint density at radius 3 is 0.953 bits per heavy atom. The Labute approximate surface area is 400 Å². The van der Waals surface area contributed by atoms with Crippen molar-refractivity contribution in [3.8, 4) is 0 Å². The van der Waals surface area contributed by atoms with Crippen molar-refractivity contribution in [1.29, 1.82) is 0 Å². The van der Waals surface area contributed by atoms with E-state index in [-0.39, 0.29) is 18.5 Å². The van der Waals surface area contributed by atoms with Gasteiger partial charge in [0.2, 0.25) is 0 Å². The summed E-state index contributed by atoms with van der Waals surface area (Å²) in [6.45, 7) is 7.87. The fourth-order valence-corrected chi connectivity index (χ4v) is 8.62. The van der Waals surface area contributed by atoms with E-state index in [0.29, 0.717) is 26.1 Å². The van der Waals surface area contributed by atoms with E-state index >= 15 is 0 Å². The number of esters is 2. The molecule has 378 valence electrons. The zero-order valence-electron chi connectivity index (χ0n) is 43.6. The number of carbonyl (C=O) groups excluding carboxylic acids is 2. The lowest BCUT2D eigenvalue weighted by molar-refractivity contribution is -0.163. The third-order valence-electron chi connectivity index (χ3n) is 13.0. The molecule has 5 heteroatoms. The van der Waals surface area contributed by atoms with Gasteiger partial charge in [-0.1, -0.05) is 257 Å². The molecule has 0 fully saturated rings. The van der Waals surface area contributed by atoms with Gasteiger partial charge in [-0.2, -0.15) is 0 Å². The van der Waals surface area contributed by atoms with E-state index in [1.165, 1.54) is 244 Å². The van der Waals surface area contributed by atoms with Gasteiger partial charge in [-0.25, -0.2) is 0 Å². The molecule has 0 spiro atoms. The number of hydrogen-bond donors (Lipinski definition) is 0. The van der Waals surface area contributed by atoms with Crippen molar-refractivity contribution < 1.29 is 23.8 Å². The van der Waals surface area contributed by atoms with Gasteiger partial charge in [0.1, 0.15) is 6.61 Å². The fraction of sp³-hybridized carbons (Fsp3) is 0.898. The van der Waals surface area contributed by atoms with Crippen LogP contribution in [0.3, 0.4) is 0 Å². The van der Waals surface area contributed by atoms with Gasteiger partial charge < -0.3 is 14.2 Å². The third-order valence-corrected chi connectivity index (χ3v) is 13.0. The Kier molecular flexibility index (Phi) is 54.3. The number of hydrogen-bond acceptors (Lipinski definition) is 5. The molecule has 0 aliphatic rings. The van der Waals surface area contributed by atoms with Crippen molar-refractivity contribution in [3.05, 3.63) is 24.3 Å². The lowest BCUT2D eigenvalue weighted by atomic mass is 10.1. The summed E-state index contributed by atoms with van der Waals surface area (Å²) in [7, 11) is 0. The zero-order chi connectivity index (χ0) is 46.3. The Morgan fingerprint density at radius 2 is 0.609 bits per heavy atom. The summed E-state index contributed by atoms with van der Waals surface area (Å²) in [4.78, 5) is 25.5. The van der Waals surface area contributed by atoms with E-state index in [2.05, 4.69) is 45.1 Å². The average Bonchev–Trinajstić information content (AvgIpc) is 3.30. The molecule has 0 heterocycles. The minimum Gasteiger partial charge on any atom is -0.462 e. The lowest BCUT2D eigenvalue weighted by Gasteiger charge is -2.18. The summed E-state index contributed by atoms with van der Waals surface area (Å²) in [5.41, 5.74) is 0. The van der Waals surface area contributed by atoms with Gasteiger partial charge in [-0.3, -0.25) is 9.59 Å². The molecule has 0 rings (SSSR count). The second-order valence-corrected chi connectivity index (χ2v) is 19.5. The fourth-order valence-electron chi connectivity index (χ4n) is 8.62. The Bertz CT molecular complexity index is 974. The molecule has 1 unspecified atom stereocenters. The molecule has 0 aromatic carbocycles. The van der Waals surface area contributed by atoms with Crippen LogP contribution in [-0.2, 0) is 23.8 Å². The van der Waals surface area contributed by atoms with Crippen LogP contribution in [0.4, 0.5) is 0 Å². The van der Waals surface area contributed by atoms with Crippen molar-refractivity contribution >= 4 is 11.9 Å². The molecule has 0 bridgehead atoms. The maximum absolute atomic E-state index is 12.8. The highest BCUT2D eigenvalue weighted by Crippen LogP contribution is 2.16. The predicted octanol–water partition coefficient (Wildman–Crippen LogP) is 19.6. The van der Waals surface area contributed by atoms with Crippen LogP contribution in [0.1, 0.15) is 316 Å². The second kappa shape index (κ2) is 55.7. The third kappa shape index (κ3) is 53.0. The minimum absolute atomic E-state index is 0.0899. The maximum Gasteiger partial charge on any atom is 0.306 e. The van der Waals surface area contributed by atoms with E-state index in [9.17, 15) is 9.59 Å². The number of ether oxygens (including phenoxy) is 3. The Hall–Kier alpha value is -1.62. The number of allylic oxidation sites excluding steroid dienone is 4. The highest BCUT2D eigenvalue weighted by molar-refractivity contribution is 5.70. The van der Waals surface area contributed by atoms with Crippen LogP contribution in [0, 0.1) is 0 Å². The molecule has 5 nitrogen and oxygen atoms in total. The standard InChI is InChI=1S/C59H112O5/c1-4-7-10-13-16-19-22-24-26-28-30-31-33-35-38-40-43-46-49-52-58(60)63-56-57(64-59(61)53-50-47-44-41-37-21-18-15-12-9-6-3)55-62-54-51-48-45-42-39-36-34-32-29-27-25-23-20-17-14-11-8-5-2/h24-27,57H,4-23,28-56H2,1-3H3/b26-24-,27-25-. The molecule has 0 aromatic rings. The van der Waals surface area contributed by atoms with Crippen molar-refractivity contribution in [2.75, 3.05) is 19.8 Å². The molecule has 0 radical (unpaired) electrons. The van der Waals surface area contributed by atoms with Crippen LogP contribution in [0.2, 0.25) is 0 Å². The van der Waals surface area contributed by atoms with E-state index < -0.39 is 6.10 Å². The molecule has 0 aromatic heterocycles. The highest BCUT2D eigenvalue weighted by atomic mass is 16.6. The first-order chi connectivity index (χ1) is 31.6. The molecular formula is C59H112O5. The molecule has 0 aliphatic heterocycles. The van der Waals surface area contributed by atoms with Gasteiger partial charge in [0.25, 0.3) is 0 Å². The lowest BCUT2D eigenvalue weighted by Crippen LogP contribution is -2.30. The zero-order valence-corrected chi connectivity index (χ0v) is 43.6. The first-order valence-corrected chi connectivity index (χ1v) is 28.9. The molecular weight excluding hydrogens is 789 g/mol. The van der Waals surface area contributed by atoms with Gasteiger partial charge in [0, 0.05) is 19.4 Å². The highest BCUT2D eigenvalue weighted by Gasteiger charge is 2.17. The van der Waals surface area contributed by atoms with Crippen LogP contribution >= 0.6 is 0 Å². The van der Waals surface area contributed by atoms with Crippen molar-refractivity contribution in [3.63, 3.8) is 0 Å². The number of unbranched alkanes of at least 4 members (excludes halogenated alkanes) is 39. The van der Waals surface area contributed by atoms with Crippen molar-refractivity contribution in [2.24, 2.45) is 0 Å². The largest absolute Gasteiger partial charge is 0.462 e. The summed E-state index contributed by atoms with van der Waals surface area (Å²) in [6, 6.07) is 0. The maximum atomic E-state index is 12.8. The molecule has 0 saturated heterocycles. The summed E-state index contributed by atoms with van der Waals surface area (Å²) < 4.78 is 17.5. The van der Waals surface area contributed by atoms with Crippen molar-refractivity contribution in [2.45, 2.75) is 322 Å². The summed E-state index contributed by atoms with van der Waals surface area (Å²) in [6.07, 6.45) is 66.3. The molecule has 1 atom stereocenters. The van der Waals surface area contributed by atoms with E-state index in [4.69, 9.17) is 14.2 Å². The molecule has 0 aliphatic carbocycles. The topological polar surface area (TPSA) is 61.8 Å². The SMILES string of the molecule is CCCCCCCC/C=C\CCCCCCCCCCCC(=O)OCC(COCCCCCCCCCC/C=C\CCCCCCCC)OC(=O)CCCCCCCCCCCCC. The normalized spacial score (nSPS) is 12.2. The summed E-state index contributed by atoms with van der Waals surface area (Å²) >= 11 is 0. The molecule has 64 heavy (non-hydrogen) atoms. The van der Waals surface area contributed by atoms with E-state index in [1.807, 2.05) is 0 Å². The monoisotopic (exact) mass is 901 g/mol. The van der Waals surface area contributed by atoms with Gasteiger partial charge in [0.15, 0.2) is 6.10 Å². The second-order valence-electron chi connectivity index (χ2n) is 19.5. The first kappa shape index (κ1) is 62.4. The van der Waals surface area contributed by atoms with Crippen LogP contribution in [0.25, 0.3) is 0 Å². The van der Waals surface area contributed by atoms with Gasteiger partial charge in [0.05, 0.1) is 6.61 Å². The number of rotatable bonds is 54. The van der Waals surface area contributed by atoms with Crippen molar-refractivity contribution in [1.82, 2.24) is 0 Å². The van der Waals surface area contributed by atoms with Gasteiger partial charge >= 0.3 is 11.9 Å².